The van der Waals surface area contributed by atoms with E-state index >= 15 is 0 Å². The van der Waals surface area contributed by atoms with E-state index in [0.717, 1.165) is 0 Å². The smallest absolute Gasteiger partial charge is 0.344 e. The maximum atomic E-state index is 12.6. The molecule has 0 aliphatic heterocycles. The molecule has 3 heterocycles. The van der Waals surface area contributed by atoms with E-state index in [1.165, 1.54) is 6.26 Å². The van der Waals surface area contributed by atoms with Gasteiger partial charge in [0.15, 0.2) is 5.76 Å². The topological polar surface area (TPSA) is 91.5 Å². The average molecular weight is 385 g/mol. The van der Waals surface area contributed by atoms with Crippen molar-refractivity contribution in [1.82, 2.24) is 10.3 Å². The summed E-state index contributed by atoms with van der Waals surface area (Å²) in [5.41, 5.74) is 1.59. The number of esters is 1. The van der Waals surface area contributed by atoms with Crippen molar-refractivity contribution in [3.05, 3.63) is 70.8 Å². The third-order valence-electron chi connectivity index (χ3n) is 3.87. The number of hydrogen-bond acceptors (Lipinski definition) is 7. The van der Waals surface area contributed by atoms with Crippen molar-refractivity contribution in [1.29, 1.82) is 0 Å². The molecule has 0 spiro atoms. The number of aromatic nitrogens is 2. The Morgan fingerprint density at radius 2 is 1.96 bits per heavy atom. The van der Waals surface area contributed by atoms with Gasteiger partial charge < -0.3 is 18.2 Å². The van der Waals surface area contributed by atoms with Crippen LogP contribution in [0.5, 0.6) is 0 Å². The summed E-state index contributed by atoms with van der Waals surface area (Å²) in [7, 11) is 0. The summed E-state index contributed by atoms with van der Waals surface area (Å²) in [4.78, 5) is 12.6. The lowest BCUT2D eigenvalue weighted by Crippen LogP contribution is -2.07. The van der Waals surface area contributed by atoms with Crippen LogP contribution < -0.4 is 0 Å². The van der Waals surface area contributed by atoms with Crippen LogP contribution >= 0.6 is 11.6 Å². The van der Waals surface area contributed by atoms with Gasteiger partial charge in [0.1, 0.15) is 29.3 Å². The molecular weight excluding hydrogens is 372 g/mol. The number of carbonyl (C=O) groups excluding carboxylic acids is 1. The highest BCUT2D eigenvalue weighted by Gasteiger charge is 2.24. The van der Waals surface area contributed by atoms with Crippen molar-refractivity contribution < 1.29 is 23.0 Å². The summed E-state index contributed by atoms with van der Waals surface area (Å²) in [6.07, 6.45) is 1.53. The monoisotopic (exact) mass is 384 g/mol. The number of benzene rings is 1. The van der Waals surface area contributed by atoms with Gasteiger partial charge >= 0.3 is 5.97 Å². The van der Waals surface area contributed by atoms with Crippen molar-refractivity contribution >= 4 is 17.6 Å². The second kappa shape index (κ2) is 7.13. The Hall–Kier alpha value is -3.32. The first-order valence-corrected chi connectivity index (χ1v) is 8.39. The minimum Gasteiger partial charge on any atom is -0.461 e. The van der Waals surface area contributed by atoms with E-state index in [9.17, 15) is 4.79 Å². The Kier molecular flexibility index (Phi) is 4.52. The van der Waals surface area contributed by atoms with Crippen LogP contribution in [0.4, 0.5) is 0 Å². The Balaban J connectivity index is 1.53. The molecule has 0 bridgehead atoms. The van der Waals surface area contributed by atoms with Crippen LogP contribution in [0.15, 0.2) is 62.2 Å². The van der Waals surface area contributed by atoms with Gasteiger partial charge in [0.05, 0.1) is 11.3 Å². The summed E-state index contributed by atoms with van der Waals surface area (Å²) in [6.45, 7) is 1.56. The number of carbonyl (C=O) groups is 1. The first kappa shape index (κ1) is 17.1. The summed E-state index contributed by atoms with van der Waals surface area (Å²) < 4.78 is 20.9. The third kappa shape index (κ3) is 3.37. The molecule has 136 valence electrons. The largest absolute Gasteiger partial charge is 0.461 e. The Bertz CT molecular complexity index is 1080. The molecule has 4 aromatic rings. The number of nitrogens with zero attached hydrogens (tertiary/aromatic N) is 2. The quantitative estimate of drug-likeness (QED) is 0.451. The fraction of sp³-hybridized carbons (Fsp3) is 0.105. The zero-order valence-corrected chi connectivity index (χ0v) is 14.9. The van der Waals surface area contributed by atoms with Crippen LogP contribution in [-0.2, 0) is 11.3 Å². The van der Waals surface area contributed by atoms with Crippen LogP contribution in [0.2, 0.25) is 5.02 Å². The normalized spacial score (nSPS) is 10.9. The van der Waals surface area contributed by atoms with Gasteiger partial charge in [-0.1, -0.05) is 40.1 Å². The second-order valence-corrected chi connectivity index (χ2v) is 6.09. The molecule has 0 aliphatic carbocycles. The first-order valence-electron chi connectivity index (χ1n) is 8.01. The van der Waals surface area contributed by atoms with Gasteiger partial charge in [-0.3, -0.25) is 0 Å². The van der Waals surface area contributed by atoms with E-state index in [2.05, 4.69) is 10.3 Å². The molecule has 0 fully saturated rings. The SMILES string of the molecule is Cc1onc(-c2ccccc2Cl)c1C(=O)OCc1cc(-c2ccco2)on1. The second-order valence-electron chi connectivity index (χ2n) is 5.68. The molecule has 0 amide bonds. The Morgan fingerprint density at radius 1 is 1.11 bits per heavy atom. The zero-order valence-electron chi connectivity index (χ0n) is 14.1. The van der Waals surface area contributed by atoms with Gasteiger partial charge in [-0.15, -0.1) is 0 Å². The van der Waals surface area contributed by atoms with Gasteiger partial charge in [-0.2, -0.15) is 0 Å². The maximum absolute atomic E-state index is 12.6. The number of aryl methyl sites for hydroxylation is 1. The predicted molar refractivity (Wildman–Crippen MR) is 95.0 cm³/mol. The van der Waals surface area contributed by atoms with Crippen LogP contribution in [0.1, 0.15) is 21.8 Å². The Morgan fingerprint density at radius 3 is 2.74 bits per heavy atom. The lowest BCUT2D eigenvalue weighted by Gasteiger charge is -2.04. The Labute approximate surface area is 158 Å². The van der Waals surface area contributed by atoms with Crippen LogP contribution in [0.3, 0.4) is 0 Å². The van der Waals surface area contributed by atoms with E-state index in [1.807, 2.05) is 0 Å². The predicted octanol–water partition coefficient (Wildman–Crippen LogP) is 4.91. The van der Waals surface area contributed by atoms with Gasteiger partial charge in [0, 0.05) is 11.6 Å². The molecule has 27 heavy (non-hydrogen) atoms. The van der Waals surface area contributed by atoms with Gasteiger partial charge in [-0.25, -0.2) is 4.79 Å². The lowest BCUT2D eigenvalue weighted by atomic mass is 10.1. The standard InChI is InChI=1S/C19H13ClN2O5/c1-11-17(18(22-26-11)13-5-2-3-6-14(13)20)19(23)25-10-12-9-16(27-21-12)15-7-4-8-24-15/h2-9H,10H2,1H3. The minimum atomic E-state index is -0.591. The summed E-state index contributed by atoms with van der Waals surface area (Å²) in [6, 6.07) is 12.2. The van der Waals surface area contributed by atoms with E-state index in [0.29, 0.717) is 39.3 Å². The van der Waals surface area contributed by atoms with Crippen molar-refractivity contribution in [2.75, 3.05) is 0 Å². The average Bonchev–Trinajstić information content (AvgIpc) is 3.40. The number of hydrogen-bond donors (Lipinski definition) is 0. The number of halogens is 1. The molecule has 4 rings (SSSR count). The fourth-order valence-electron chi connectivity index (χ4n) is 2.58. The maximum Gasteiger partial charge on any atom is 0.344 e. The highest BCUT2D eigenvalue weighted by molar-refractivity contribution is 6.33. The number of rotatable bonds is 5. The molecule has 0 N–H and O–H groups in total. The van der Waals surface area contributed by atoms with Crippen molar-refractivity contribution in [3.63, 3.8) is 0 Å². The molecule has 1 aromatic carbocycles. The number of furan rings is 1. The van der Waals surface area contributed by atoms with Crippen molar-refractivity contribution in [2.24, 2.45) is 0 Å². The van der Waals surface area contributed by atoms with Gasteiger partial charge in [-0.05, 0) is 25.1 Å². The highest BCUT2D eigenvalue weighted by Crippen LogP contribution is 2.31. The van der Waals surface area contributed by atoms with Crippen LogP contribution in [0.25, 0.3) is 22.8 Å². The van der Waals surface area contributed by atoms with E-state index in [1.54, 1.807) is 49.4 Å². The number of ether oxygens (including phenoxy) is 1. The van der Waals surface area contributed by atoms with Gasteiger partial charge in [0.25, 0.3) is 0 Å². The minimum absolute atomic E-state index is 0.0738. The highest BCUT2D eigenvalue weighted by atomic mass is 35.5. The molecule has 0 aliphatic rings. The summed E-state index contributed by atoms with van der Waals surface area (Å²) in [5, 5.41) is 8.28. The van der Waals surface area contributed by atoms with E-state index in [4.69, 9.17) is 29.8 Å². The molecular formula is C19H13ClN2O5. The molecule has 3 aromatic heterocycles. The van der Waals surface area contributed by atoms with Crippen LogP contribution in [0, 0.1) is 6.92 Å². The van der Waals surface area contributed by atoms with Crippen molar-refractivity contribution in [2.45, 2.75) is 13.5 Å². The summed E-state index contributed by atoms with van der Waals surface area (Å²) >= 11 is 6.20. The lowest BCUT2D eigenvalue weighted by molar-refractivity contribution is 0.0463. The molecule has 0 saturated carbocycles. The van der Waals surface area contributed by atoms with Gasteiger partial charge in [0.2, 0.25) is 5.76 Å². The zero-order chi connectivity index (χ0) is 18.8. The molecule has 8 heteroatoms. The molecule has 0 unspecified atom stereocenters. The third-order valence-corrected chi connectivity index (χ3v) is 4.20. The molecule has 7 nitrogen and oxygen atoms in total. The fourth-order valence-corrected chi connectivity index (χ4v) is 2.80. The van der Waals surface area contributed by atoms with E-state index in [-0.39, 0.29) is 12.2 Å². The van der Waals surface area contributed by atoms with Crippen molar-refractivity contribution in [3.8, 4) is 22.8 Å². The molecule has 0 atom stereocenters. The molecule has 0 radical (unpaired) electrons. The first-order chi connectivity index (χ1) is 13.1. The molecule has 0 saturated heterocycles. The van der Waals surface area contributed by atoms with E-state index < -0.39 is 5.97 Å². The summed E-state index contributed by atoms with van der Waals surface area (Å²) in [5.74, 6) is 0.734. The van der Waals surface area contributed by atoms with Crippen LogP contribution in [-0.4, -0.2) is 16.3 Å².